The lowest BCUT2D eigenvalue weighted by atomic mass is 10.0. The van der Waals surface area contributed by atoms with Gasteiger partial charge in [-0.15, -0.1) is 0 Å². The smallest absolute Gasteiger partial charge is 0.204 e. The molecule has 180 valence electrons. The van der Waals surface area contributed by atoms with E-state index in [0.29, 0.717) is 84.2 Å². The zero-order valence-corrected chi connectivity index (χ0v) is 20.3. The summed E-state index contributed by atoms with van der Waals surface area (Å²) in [5, 5.41) is 4.51. The van der Waals surface area contributed by atoms with Crippen LogP contribution in [0.15, 0.2) is 30.6 Å². The Hall–Kier alpha value is -3.10. The van der Waals surface area contributed by atoms with Crippen LogP contribution >= 0.6 is 11.6 Å². The van der Waals surface area contributed by atoms with Gasteiger partial charge in [-0.05, 0) is 23.6 Å². The van der Waals surface area contributed by atoms with E-state index in [1.54, 1.807) is 13.2 Å². The monoisotopic (exact) mass is 485 g/mol. The van der Waals surface area contributed by atoms with Crippen LogP contribution in [0.25, 0.3) is 10.9 Å². The molecule has 9 heteroatoms. The number of carbonyl (C=O) groups is 1. The largest absolute Gasteiger partial charge is 0.487 e. The molecule has 0 bridgehead atoms. The SMILES string of the molecule is COCCOc1cc2ncnc(Nc3ccc(CC(=O)CC(C)C)c(Cl)c3)c2c2c1OCCO2. The van der Waals surface area contributed by atoms with Crippen molar-refractivity contribution in [3.8, 4) is 17.2 Å². The van der Waals surface area contributed by atoms with Gasteiger partial charge in [0.05, 0.1) is 17.5 Å². The third-order valence-corrected chi connectivity index (χ3v) is 5.61. The van der Waals surface area contributed by atoms with Crippen LogP contribution in [0.4, 0.5) is 11.5 Å². The number of rotatable bonds is 10. The van der Waals surface area contributed by atoms with Crippen molar-refractivity contribution in [3.05, 3.63) is 41.2 Å². The van der Waals surface area contributed by atoms with Gasteiger partial charge in [-0.3, -0.25) is 4.79 Å². The first-order chi connectivity index (χ1) is 16.5. The molecule has 1 aromatic heterocycles. The van der Waals surface area contributed by atoms with E-state index in [4.69, 9.17) is 30.5 Å². The molecule has 34 heavy (non-hydrogen) atoms. The molecule has 0 aliphatic carbocycles. The van der Waals surface area contributed by atoms with Crippen LogP contribution in [0, 0.1) is 5.92 Å². The molecular formula is C25H28ClN3O5. The number of hydrogen-bond acceptors (Lipinski definition) is 8. The number of ether oxygens (including phenoxy) is 4. The molecule has 0 atom stereocenters. The number of ketones is 1. The van der Waals surface area contributed by atoms with E-state index in [1.165, 1.54) is 6.33 Å². The lowest BCUT2D eigenvalue weighted by molar-refractivity contribution is -0.119. The second-order valence-electron chi connectivity index (χ2n) is 8.43. The number of Topliss-reactive ketones (excluding diaryl/α,β-unsaturated/α-hetero) is 1. The third kappa shape index (κ3) is 5.51. The van der Waals surface area contributed by atoms with Crippen molar-refractivity contribution in [3.63, 3.8) is 0 Å². The molecular weight excluding hydrogens is 458 g/mol. The van der Waals surface area contributed by atoms with Gasteiger partial charge in [-0.25, -0.2) is 9.97 Å². The second-order valence-corrected chi connectivity index (χ2v) is 8.84. The van der Waals surface area contributed by atoms with E-state index in [1.807, 2.05) is 32.0 Å². The van der Waals surface area contributed by atoms with Crippen molar-refractivity contribution < 1.29 is 23.7 Å². The maximum Gasteiger partial charge on any atom is 0.204 e. The molecule has 0 unspecified atom stereocenters. The second kappa shape index (κ2) is 10.9. The van der Waals surface area contributed by atoms with Gasteiger partial charge < -0.3 is 24.3 Å². The predicted molar refractivity (Wildman–Crippen MR) is 131 cm³/mol. The van der Waals surface area contributed by atoms with E-state index in [0.717, 1.165) is 11.3 Å². The number of benzene rings is 2. The van der Waals surface area contributed by atoms with Crippen molar-refractivity contribution in [2.24, 2.45) is 5.92 Å². The van der Waals surface area contributed by atoms with Crippen LogP contribution < -0.4 is 19.5 Å². The molecule has 3 aromatic rings. The lowest BCUT2D eigenvalue weighted by Gasteiger charge is -2.23. The van der Waals surface area contributed by atoms with Crippen LogP contribution in [0.5, 0.6) is 17.2 Å². The Kier molecular flexibility index (Phi) is 7.70. The average molecular weight is 486 g/mol. The summed E-state index contributed by atoms with van der Waals surface area (Å²) in [5.41, 5.74) is 2.18. The summed E-state index contributed by atoms with van der Waals surface area (Å²) in [6, 6.07) is 7.34. The van der Waals surface area contributed by atoms with Crippen molar-refractivity contribution in [1.82, 2.24) is 9.97 Å². The number of nitrogens with one attached hydrogen (secondary N) is 1. The van der Waals surface area contributed by atoms with Gasteiger partial charge in [0.2, 0.25) is 5.75 Å². The summed E-state index contributed by atoms with van der Waals surface area (Å²) in [7, 11) is 1.62. The Bertz CT molecular complexity index is 1180. The van der Waals surface area contributed by atoms with Gasteiger partial charge in [-0.2, -0.15) is 0 Å². The molecule has 0 saturated carbocycles. The predicted octanol–water partition coefficient (Wildman–Crippen LogP) is 4.98. The minimum Gasteiger partial charge on any atom is -0.487 e. The first-order valence-corrected chi connectivity index (χ1v) is 11.6. The number of aromatic nitrogens is 2. The zero-order valence-electron chi connectivity index (χ0n) is 19.5. The number of anilines is 2. The number of halogens is 1. The first kappa shape index (κ1) is 24.0. The van der Waals surface area contributed by atoms with Crippen molar-refractivity contribution in [1.29, 1.82) is 0 Å². The van der Waals surface area contributed by atoms with Crippen LogP contribution in [-0.4, -0.2) is 49.3 Å². The lowest BCUT2D eigenvalue weighted by Crippen LogP contribution is -2.17. The summed E-state index contributed by atoms with van der Waals surface area (Å²) in [5.74, 6) is 2.64. The highest BCUT2D eigenvalue weighted by Gasteiger charge is 2.24. The minimum absolute atomic E-state index is 0.173. The van der Waals surface area contributed by atoms with E-state index >= 15 is 0 Å². The molecule has 1 aliphatic rings. The summed E-state index contributed by atoms with van der Waals surface area (Å²) in [6.45, 7) is 5.70. The fourth-order valence-corrected chi connectivity index (χ4v) is 4.04. The highest BCUT2D eigenvalue weighted by atomic mass is 35.5. The molecule has 0 spiro atoms. The van der Waals surface area contributed by atoms with E-state index in [9.17, 15) is 4.79 Å². The van der Waals surface area contributed by atoms with E-state index in [2.05, 4.69) is 15.3 Å². The van der Waals surface area contributed by atoms with Gasteiger partial charge in [-0.1, -0.05) is 31.5 Å². The standard InChI is InChI=1S/C25H28ClN3O5/c1-15(2)10-18(30)11-16-4-5-17(12-19(16)26)29-25-22-20(27-14-28-25)13-21(32-7-6-31-3)23-24(22)34-9-8-33-23/h4-5,12-15H,6-11H2,1-3H3,(H,27,28,29). The normalized spacial score (nSPS) is 12.7. The number of hydrogen-bond donors (Lipinski definition) is 1. The number of methoxy groups -OCH3 is 1. The van der Waals surface area contributed by atoms with Gasteiger partial charge in [0.25, 0.3) is 0 Å². The molecule has 1 N–H and O–H groups in total. The Morgan fingerprint density at radius 1 is 1.15 bits per heavy atom. The number of carbonyl (C=O) groups excluding carboxylic acids is 1. The Labute approximate surface area is 203 Å². The van der Waals surface area contributed by atoms with E-state index < -0.39 is 0 Å². The maximum absolute atomic E-state index is 12.2. The highest BCUT2D eigenvalue weighted by molar-refractivity contribution is 6.31. The molecule has 8 nitrogen and oxygen atoms in total. The van der Waals surface area contributed by atoms with E-state index in [-0.39, 0.29) is 5.78 Å². The molecule has 2 heterocycles. The topological polar surface area (TPSA) is 91.8 Å². The van der Waals surface area contributed by atoms with Crippen molar-refractivity contribution in [2.45, 2.75) is 26.7 Å². The zero-order chi connectivity index (χ0) is 24.1. The Morgan fingerprint density at radius 3 is 2.68 bits per heavy atom. The number of fused-ring (bicyclic) bond motifs is 3. The fourth-order valence-electron chi connectivity index (χ4n) is 3.79. The molecule has 1 aliphatic heterocycles. The van der Waals surface area contributed by atoms with Crippen molar-refractivity contribution in [2.75, 3.05) is 38.9 Å². The number of nitrogens with zero attached hydrogens (tertiary/aromatic N) is 2. The summed E-state index contributed by atoms with van der Waals surface area (Å²) in [4.78, 5) is 21.0. The molecule has 0 radical (unpaired) electrons. The van der Waals surface area contributed by atoms with Crippen LogP contribution in [-0.2, 0) is 16.0 Å². The van der Waals surface area contributed by atoms with Gasteiger partial charge in [0.1, 0.15) is 37.7 Å². The summed E-state index contributed by atoms with van der Waals surface area (Å²) >= 11 is 6.49. The molecule has 2 aromatic carbocycles. The van der Waals surface area contributed by atoms with Crippen LogP contribution in [0.2, 0.25) is 5.02 Å². The van der Waals surface area contributed by atoms with Gasteiger partial charge in [0, 0.05) is 36.7 Å². The highest BCUT2D eigenvalue weighted by Crippen LogP contribution is 2.47. The van der Waals surface area contributed by atoms with Gasteiger partial charge in [0.15, 0.2) is 11.5 Å². The molecule has 0 fully saturated rings. The van der Waals surface area contributed by atoms with Gasteiger partial charge >= 0.3 is 0 Å². The maximum atomic E-state index is 12.2. The third-order valence-electron chi connectivity index (χ3n) is 5.26. The summed E-state index contributed by atoms with van der Waals surface area (Å²) in [6.07, 6.45) is 2.33. The quantitative estimate of drug-likeness (QED) is 0.402. The summed E-state index contributed by atoms with van der Waals surface area (Å²) < 4.78 is 22.7. The minimum atomic E-state index is 0.173. The van der Waals surface area contributed by atoms with Crippen LogP contribution in [0.1, 0.15) is 25.8 Å². The molecule has 4 rings (SSSR count). The van der Waals surface area contributed by atoms with Crippen LogP contribution in [0.3, 0.4) is 0 Å². The Morgan fingerprint density at radius 2 is 1.94 bits per heavy atom. The average Bonchev–Trinajstić information content (AvgIpc) is 2.80. The molecule has 0 amide bonds. The molecule has 0 saturated heterocycles. The fraction of sp³-hybridized carbons (Fsp3) is 0.400. The Balaban J connectivity index is 1.64. The first-order valence-electron chi connectivity index (χ1n) is 11.2. The van der Waals surface area contributed by atoms with Crippen molar-refractivity contribution >= 4 is 39.8 Å².